The van der Waals surface area contributed by atoms with Crippen molar-refractivity contribution in [3.63, 3.8) is 0 Å². The van der Waals surface area contributed by atoms with Gasteiger partial charge in [-0.25, -0.2) is 4.98 Å². The van der Waals surface area contributed by atoms with E-state index < -0.39 is 0 Å². The van der Waals surface area contributed by atoms with Gasteiger partial charge in [0.2, 0.25) is 0 Å². The van der Waals surface area contributed by atoms with E-state index in [9.17, 15) is 9.90 Å². The molecular weight excluding hydrogens is 230 g/mol. The van der Waals surface area contributed by atoms with Crippen LogP contribution in [-0.4, -0.2) is 40.6 Å². The number of amides is 1. The highest BCUT2D eigenvalue weighted by Gasteiger charge is 2.24. The molecule has 0 spiro atoms. The number of aliphatic hydroxyl groups is 1. The van der Waals surface area contributed by atoms with E-state index in [2.05, 4.69) is 4.98 Å². The largest absolute Gasteiger partial charge is 0.396 e. The number of carbonyl (C=O) groups is 1. The van der Waals surface area contributed by atoms with Crippen LogP contribution in [0.4, 0.5) is 5.82 Å². The number of pyridine rings is 1. The van der Waals surface area contributed by atoms with Crippen LogP contribution < -0.4 is 5.73 Å². The monoisotopic (exact) mass is 249 g/mol. The summed E-state index contributed by atoms with van der Waals surface area (Å²) in [7, 11) is 0. The highest BCUT2D eigenvalue weighted by molar-refractivity contribution is 5.95. The summed E-state index contributed by atoms with van der Waals surface area (Å²) < 4.78 is 0. The fourth-order valence-corrected chi connectivity index (χ4v) is 2.40. The van der Waals surface area contributed by atoms with Gasteiger partial charge in [-0.15, -0.1) is 0 Å². The van der Waals surface area contributed by atoms with E-state index in [1.807, 2.05) is 6.92 Å². The molecule has 1 aliphatic heterocycles. The summed E-state index contributed by atoms with van der Waals surface area (Å²) in [5.41, 5.74) is 6.98. The maximum absolute atomic E-state index is 12.3. The minimum Gasteiger partial charge on any atom is -0.396 e. The number of aliphatic hydroxyl groups excluding tert-OH is 1. The van der Waals surface area contributed by atoms with E-state index >= 15 is 0 Å². The van der Waals surface area contributed by atoms with E-state index in [0.717, 1.165) is 25.1 Å². The Labute approximate surface area is 107 Å². The van der Waals surface area contributed by atoms with Gasteiger partial charge in [0.25, 0.3) is 5.91 Å². The molecule has 5 nitrogen and oxygen atoms in total. The summed E-state index contributed by atoms with van der Waals surface area (Å²) in [5.74, 6) is 0.544. The number of hydrogen-bond acceptors (Lipinski definition) is 4. The second-order valence-electron chi connectivity index (χ2n) is 4.86. The van der Waals surface area contributed by atoms with Gasteiger partial charge in [0.15, 0.2) is 0 Å². The maximum atomic E-state index is 12.3. The van der Waals surface area contributed by atoms with Crippen LogP contribution in [0.3, 0.4) is 0 Å². The van der Waals surface area contributed by atoms with E-state index in [4.69, 9.17) is 5.73 Å². The van der Waals surface area contributed by atoms with Crippen molar-refractivity contribution in [2.24, 2.45) is 5.92 Å². The first kappa shape index (κ1) is 12.8. The average molecular weight is 249 g/mol. The van der Waals surface area contributed by atoms with E-state index in [-0.39, 0.29) is 18.4 Å². The van der Waals surface area contributed by atoms with Gasteiger partial charge in [-0.05, 0) is 37.8 Å². The summed E-state index contributed by atoms with van der Waals surface area (Å²) in [4.78, 5) is 18.2. The summed E-state index contributed by atoms with van der Waals surface area (Å²) in [6, 6.07) is 3.36. The average Bonchev–Trinajstić information content (AvgIpc) is 2.37. The standard InChI is InChI=1S/C13H19N3O2/c1-9-5-11(6-12(14)15-9)13(18)16-4-2-3-10(7-16)8-17/h5-6,10,17H,2-4,7-8H2,1H3,(H2,14,15). The Morgan fingerprint density at radius 3 is 3.06 bits per heavy atom. The zero-order valence-electron chi connectivity index (χ0n) is 10.6. The van der Waals surface area contributed by atoms with Gasteiger partial charge in [-0.3, -0.25) is 4.79 Å². The molecule has 2 heterocycles. The third-order valence-electron chi connectivity index (χ3n) is 3.28. The molecule has 3 N–H and O–H groups in total. The lowest BCUT2D eigenvalue weighted by molar-refractivity contribution is 0.0620. The topological polar surface area (TPSA) is 79.5 Å². The summed E-state index contributed by atoms with van der Waals surface area (Å²) in [5, 5.41) is 9.18. The number of anilines is 1. The first-order valence-corrected chi connectivity index (χ1v) is 6.24. The van der Waals surface area contributed by atoms with Gasteiger partial charge < -0.3 is 15.7 Å². The molecule has 1 unspecified atom stereocenters. The Balaban J connectivity index is 2.15. The SMILES string of the molecule is Cc1cc(C(=O)N2CCCC(CO)C2)cc(N)n1. The van der Waals surface area contributed by atoms with Crippen LogP contribution in [0, 0.1) is 12.8 Å². The number of nitrogen functional groups attached to an aromatic ring is 1. The molecule has 0 bridgehead atoms. The van der Waals surface area contributed by atoms with Crippen molar-refractivity contribution in [2.75, 3.05) is 25.4 Å². The number of piperidine rings is 1. The van der Waals surface area contributed by atoms with Crippen molar-refractivity contribution >= 4 is 11.7 Å². The van der Waals surface area contributed by atoms with Gasteiger partial charge in [-0.2, -0.15) is 0 Å². The Morgan fingerprint density at radius 2 is 2.39 bits per heavy atom. The normalized spacial score (nSPS) is 19.9. The summed E-state index contributed by atoms with van der Waals surface area (Å²) in [6.45, 7) is 3.33. The lowest BCUT2D eigenvalue weighted by atomic mass is 9.98. The van der Waals surface area contributed by atoms with Crippen molar-refractivity contribution in [3.8, 4) is 0 Å². The van der Waals surface area contributed by atoms with Crippen LogP contribution in [0.15, 0.2) is 12.1 Å². The Morgan fingerprint density at radius 1 is 1.61 bits per heavy atom. The number of nitrogens with two attached hydrogens (primary N) is 1. The van der Waals surface area contributed by atoms with Crippen molar-refractivity contribution in [3.05, 3.63) is 23.4 Å². The molecule has 1 atom stereocenters. The number of carbonyl (C=O) groups excluding carboxylic acids is 1. The second kappa shape index (κ2) is 5.35. The predicted octanol–water partition coefficient (Wildman–Crippen LogP) is 0.817. The fraction of sp³-hybridized carbons (Fsp3) is 0.538. The van der Waals surface area contributed by atoms with Crippen LogP contribution in [0.25, 0.3) is 0 Å². The molecule has 1 amide bonds. The van der Waals surface area contributed by atoms with Crippen LogP contribution >= 0.6 is 0 Å². The zero-order chi connectivity index (χ0) is 13.1. The number of hydrogen-bond donors (Lipinski definition) is 2. The molecule has 18 heavy (non-hydrogen) atoms. The molecule has 0 radical (unpaired) electrons. The maximum Gasteiger partial charge on any atom is 0.254 e. The van der Waals surface area contributed by atoms with Gasteiger partial charge in [0.1, 0.15) is 5.82 Å². The molecule has 98 valence electrons. The highest BCUT2D eigenvalue weighted by Crippen LogP contribution is 2.19. The zero-order valence-corrected chi connectivity index (χ0v) is 10.6. The molecular formula is C13H19N3O2. The van der Waals surface area contributed by atoms with Crippen LogP contribution in [0.5, 0.6) is 0 Å². The molecule has 1 aromatic rings. The first-order valence-electron chi connectivity index (χ1n) is 6.24. The molecule has 1 aromatic heterocycles. The smallest absolute Gasteiger partial charge is 0.254 e. The summed E-state index contributed by atoms with van der Waals surface area (Å²) >= 11 is 0. The molecule has 0 aliphatic carbocycles. The number of nitrogens with zero attached hydrogens (tertiary/aromatic N) is 2. The van der Waals surface area contributed by atoms with Crippen molar-refractivity contribution in [1.29, 1.82) is 0 Å². The van der Waals surface area contributed by atoms with Gasteiger partial charge >= 0.3 is 0 Å². The van der Waals surface area contributed by atoms with Crippen molar-refractivity contribution < 1.29 is 9.90 Å². The van der Waals surface area contributed by atoms with Crippen molar-refractivity contribution in [2.45, 2.75) is 19.8 Å². The van der Waals surface area contributed by atoms with Crippen molar-refractivity contribution in [1.82, 2.24) is 9.88 Å². The van der Waals surface area contributed by atoms with Crippen LogP contribution in [0.1, 0.15) is 28.9 Å². The van der Waals surface area contributed by atoms with Gasteiger partial charge in [0, 0.05) is 31.0 Å². The molecule has 0 saturated carbocycles. The second-order valence-corrected chi connectivity index (χ2v) is 4.86. The number of aromatic nitrogens is 1. The lowest BCUT2D eigenvalue weighted by Crippen LogP contribution is -2.41. The quantitative estimate of drug-likeness (QED) is 0.813. The third kappa shape index (κ3) is 2.79. The fourth-order valence-electron chi connectivity index (χ4n) is 2.40. The van der Waals surface area contributed by atoms with Crippen LogP contribution in [-0.2, 0) is 0 Å². The van der Waals surface area contributed by atoms with E-state index in [1.54, 1.807) is 17.0 Å². The molecule has 1 fully saturated rings. The number of rotatable bonds is 2. The number of likely N-dealkylation sites (tertiary alicyclic amines) is 1. The minimum atomic E-state index is -0.0228. The van der Waals surface area contributed by atoms with E-state index in [0.29, 0.717) is 17.9 Å². The predicted molar refractivity (Wildman–Crippen MR) is 69.1 cm³/mol. The Bertz CT molecular complexity index is 428. The van der Waals surface area contributed by atoms with Crippen LogP contribution in [0.2, 0.25) is 0 Å². The summed E-state index contributed by atoms with van der Waals surface area (Å²) in [6.07, 6.45) is 1.92. The molecule has 5 heteroatoms. The van der Waals surface area contributed by atoms with Gasteiger partial charge in [-0.1, -0.05) is 0 Å². The first-order chi connectivity index (χ1) is 8.60. The number of aryl methyl sites for hydroxylation is 1. The minimum absolute atomic E-state index is 0.0228. The molecule has 1 saturated heterocycles. The third-order valence-corrected chi connectivity index (χ3v) is 3.28. The molecule has 1 aliphatic rings. The van der Waals surface area contributed by atoms with E-state index in [1.165, 1.54) is 0 Å². The molecule has 2 rings (SSSR count). The molecule has 0 aromatic carbocycles. The highest BCUT2D eigenvalue weighted by atomic mass is 16.3. The Kier molecular flexibility index (Phi) is 3.81. The Hall–Kier alpha value is -1.62. The lowest BCUT2D eigenvalue weighted by Gasteiger charge is -2.32. The van der Waals surface area contributed by atoms with Gasteiger partial charge in [0.05, 0.1) is 0 Å².